The van der Waals surface area contributed by atoms with Gasteiger partial charge in [-0.05, 0) is 24.5 Å². The van der Waals surface area contributed by atoms with Gasteiger partial charge in [-0.2, -0.15) is 0 Å². The van der Waals surface area contributed by atoms with Crippen molar-refractivity contribution in [2.24, 2.45) is 11.8 Å². The number of hydrogen-bond acceptors (Lipinski definition) is 4. The molecule has 2 amide bonds. The van der Waals surface area contributed by atoms with Crippen LogP contribution in [-0.4, -0.2) is 17.8 Å². The van der Waals surface area contributed by atoms with Crippen LogP contribution in [0.1, 0.15) is 49.9 Å². The van der Waals surface area contributed by atoms with E-state index in [4.69, 9.17) is 11.6 Å². The van der Waals surface area contributed by atoms with E-state index in [9.17, 15) is 19.5 Å². The lowest BCUT2D eigenvalue weighted by Crippen LogP contribution is -2.43. The SMILES string of the molecule is CCCCC(C(=O)[O-])C(C)CC(=O)NNC(=O)c1ccccc1Cl. The molecule has 0 heterocycles. The second-order valence-corrected chi connectivity index (χ2v) is 6.14. The average Bonchev–Trinajstić information content (AvgIpc) is 2.53. The van der Waals surface area contributed by atoms with Crippen LogP contribution in [0.3, 0.4) is 0 Å². The molecule has 0 spiro atoms. The Morgan fingerprint density at radius 2 is 1.88 bits per heavy atom. The third kappa shape index (κ3) is 6.20. The van der Waals surface area contributed by atoms with E-state index in [-0.39, 0.29) is 17.0 Å². The number of rotatable bonds is 8. The van der Waals surface area contributed by atoms with Crippen molar-refractivity contribution in [1.29, 1.82) is 0 Å². The molecule has 0 aliphatic rings. The summed E-state index contributed by atoms with van der Waals surface area (Å²) >= 11 is 5.90. The number of carbonyl (C=O) groups excluding carboxylic acids is 3. The van der Waals surface area contributed by atoms with Gasteiger partial charge in [-0.25, -0.2) is 0 Å². The fraction of sp³-hybridized carbons (Fsp3) is 0.471. The first kappa shape index (κ1) is 20.0. The van der Waals surface area contributed by atoms with Crippen molar-refractivity contribution >= 4 is 29.4 Å². The Morgan fingerprint density at radius 1 is 1.21 bits per heavy atom. The molecule has 24 heavy (non-hydrogen) atoms. The number of hydrazine groups is 1. The lowest BCUT2D eigenvalue weighted by Gasteiger charge is -2.24. The van der Waals surface area contributed by atoms with Crippen LogP contribution in [0, 0.1) is 11.8 Å². The van der Waals surface area contributed by atoms with Gasteiger partial charge in [-0.3, -0.25) is 20.4 Å². The van der Waals surface area contributed by atoms with Crippen LogP contribution in [-0.2, 0) is 9.59 Å². The number of nitrogens with one attached hydrogen (secondary N) is 2. The summed E-state index contributed by atoms with van der Waals surface area (Å²) in [6.07, 6.45) is 2.08. The molecular formula is C17H22ClN2O4-. The van der Waals surface area contributed by atoms with Crippen molar-refractivity contribution in [3.63, 3.8) is 0 Å². The zero-order chi connectivity index (χ0) is 18.1. The Morgan fingerprint density at radius 3 is 2.46 bits per heavy atom. The van der Waals surface area contributed by atoms with E-state index < -0.39 is 29.6 Å². The minimum Gasteiger partial charge on any atom is -0.550 e. The molecule has 0 aliphatic carbocycles. The molecule has 0 fully saturated rings. The van der Waals surface area contributed by atoms with E-state index in [2.05, 4.69) is 10.9 Å². The van der Waals surface area contributed by atoms with Gasteiger partial charge in [0, 0.05) is 18.3 Å². The zero-order valence-electron chi connectivity index (χ0n) is 13.8. The molecule has 2 atom stereocenters. The molecule has 0 saturated carbocycles. The highest BCUT2D eigenvalue weighted by atomic mass is 35.5. The summed E-state index contributed by atoms with van der Waals surface area (Å²) in [7, 11) is 0. The molecule has 0 saturated heterocycles. The minimum atomic E-state index is -1.15. The van der Waals surface area contributed by atoms with E-state index in [0.717, 1.165) is 12.8 Å². The average molecular weight is 354 g/mol. The van der Waals surface area contributed by atoms with Gasteiger partial charge in [0.1, 0.15) is 0 Å². The molecule has 1 rings (SSSR count). The maximum atomic E-state index is 11.9. The number of carboxylic acid groups (broad SMARTS) is 1. The van der Waals surface area contributed by atoms with E-state index >= 15 is 0 Å². The summed E-state index contributed by atoms with van der Waals surface area (Å²) in [6.45, 7) is 3.65. The lowest BCUT2D eigenvalue weighted by molar-refractivity contribution is -0.313. The third-order valence-electron chi connectivity index (χ3n) is 3.80. The van der Waals surface area contributed by atoms with Gasteiger partial charge in [0.25, 0.3) is 5.91 Å². The van der Waals surface area contributed by atoms with Crippen LogP contribution in [0.25, 0.3) is 0 Å². The molecule has 0 bridgehead atoms. The molecule has 1 aromatic rings. The maximum absolute atomic E-state index is 11.9. The van der Waals surface area contributed by atoms with Crippen molar-refractivity contribution in [2.75, 3.05) is 0 Å². The number of benzene rings is 1. The van der Waals surface area contributed by atoms with Gasteiger partial charge in [0.2, 0.25) is 5.91 Å². The molecule has 0 aliphatic heterocycles. The number of carboxylic acids is 1. The van der Waals surface area contributed by atoms with E-state index in [1.54, 1.807) is 25.1 Å². The largest absolute Gasteiger partial charge is 0.550 e. The molecule has 6 nitrogen and oxygen atoms in total. The smallest absolute Gasteiger partial charge is 0.271 e. The second-order valence-electron chi connectivity index (χ2n) is 5.73. The Labute approximate surface area is 146 Å². The first-order valence-electron chi connectivity index (χ1n) is 7.91. The molecule has 132 valence electrons. The first-order chi connectivity index (χ1) is 11.4. The highest BCUT2D eigenvalue weighted by Gasteiger charge is 2.21. The number of aliphatic carboxylic acids is 1. The summed E-state index contributed by atoms with van der Waals surface area (Å²) in [5.74, 6) is -3.23. The maximum Gasteiger partial charge on any atom is 0.271 e. The standard InChI is InChI=1S/C17H23ClN2O4/c1-3-4-7-12(17(23)24)11(2)10-15(21)19-20-16(22)13-8-5-6-9-14(13)18/h5-6,8-9,11-12H,3-4,7,10H2,1-2H3,(H,19,21)(H,20,22)(H,23,24)/p-1. The molecule has 2 unspecified atom stereocenters. The fourth-order valence-corrected chi connectivity index (χ4v) is 2.61. The number of unbranched alkanes of at least 4 members (excludes halogenated alkanes) is 1. The van der Waals surface area contributed by atoms with Crippen LogP contribution in [0.4, 0.5) is 0 Å². The summed E-state index contributed by atoms with van der Waals surface area (Å²) in [5, 5.41) is 11.5. The van der Waals surface area contributed by atoms with Crippen LogP contribution >= 0.6 is 11.6 Å². The van der Waals surface area contributed by atoms with Gasteiger partial charge in [0.05, 0.1) is 10.6 Å². The predicted molar refractivity (Wildman–Crippen MR) is 88.9 cm³/mol. The lowest BCUT2D eigenvalue weighted by atomic mass is 9.87. The second kappa shape index (κ2) is 9.93. The number of carbonyl (C=O) groups is 3. The van der Waals surface area contributed by atoms with Crippen LogP contribution in [0.5, 0.6) is 0 Å². The van der Waals surface area contributed by atoms with Crippen LogP contribution < -0.4 is 16.0 Å². The summed E-state index contributed by atoms with van der Waals surface area (Å²) in [5.41, 5.74) is 4.79. The van der Waals surface area contributed by atoms with Gasteiger partial charge in [0.15, 0.2) is 0 Å². The molecule has 0 aromatic heterocycles. The molecular weight excluding hydrogens is 332 g/mol. The van der Waals surface area contributed by atoms with Crippen molar-refractivity contribution in [3.05, 3.63) is 34.9 Å². The zero-order valence-corrected chi connectivity index (χ0v) is 14.6. The number of amides is 2. The van der Waals surface area contributed by atoms with Gasteiger partial charge >= 0.3 is 0 Å². The first-order valence-corrected chi connectivity index (χ1v) is 8.29. The van der Waals surface area contributed by atoms with Gasteiger partial charge in [-0.15, -0.1) is 0 Å². The quantitative estimate of drug-likeness (QED) is 0.695. The Bertz CT molecular complexity index is 592. The summed E-state index contributed by atoms with van der Waals surface area (Å²) in [6, 6.07) is 6.44. The Kier molecular flexibility index (Phi) is 8.26. The third-order valence-corrected chi connectivity index (χ3v) is 4.13. The predicted octanol–water partition coefficient (Wildman–Crippen LogP) is 1.68. The molecule has 7 heteroatoms. The fourth-order valence-electron chi connectivity index (χ4n) is 2.38. The van der Waals surface area contributed by atoms with E-state index in [1.807, 2.05) is 6.92 Å². The Balaban J connectivity index is 2.51. The number of hydrogen-bond donors (Lipinski definition) is 2. The van der Waals surface area contributed by atoms with Crippen LogP contribution in [0.2, 0.25) is 5.02 Å². The normalized spacial score (nSPS) is 13.0. The van der Waals surface area contributed by atoms with Crippen molar-refractivity contribution in [1.82, 2.24) is 10.9 Å². The Hall–Kier alpha value is -2.08. The number of halogens is 1. The van der Waals surface area contributed by atoms with Gasteiger partial charge < -0.3 is 9.90 Å². The highest BCUT2D eigenvalue weighted by molar-refractivity contribution is 6.33. The monoisotopic (exact) mass is 353 g/mol. The summed E-state index contributed by atoms with van der Waals surface area (Å²) < 4.78 is 0. The van der Waals surface area contributed by atoms with E-state index in [1.165, 1.54) is 6.07 Å². The van der Waals surface area contributed by atoms with Crippen molar-refractivity contribution in [2.45, 2.75) is 39.5 Å². The van der Waals surface area contributed by atoms with Gasteiger partial charge in [-0.1, -0.05) is 50.4 Å². The molecule has 1 aromatic carbocycles. The van der Waals surface area contributed by atoms with Crippen molar-refractivity contribution in [3.8, 4) is 0 Å². The molecule has 0 radical (unpaired) electrons. The minimum absolute atomic E-state index is 0.0227. The molecule has 2 N–H and O–H groups in total. The van der Waals surface area contributed by atoms with Crippen molar-refractivity contribution < 1.29 is 19.5 Å². The van der Waals surface area contributed by atoms with E-state index in [0.29, 0.717) is 6.42 Å². The summed E-state index contributed by atoms with van der Waals surface area (Å²) in [4.78, 5) is 35.0. The highest BCUT2D eigenvalue weighted by Crippen LogP contribution is 2.21. The van der Waals surface area contributed by atoms with Crippen LogP contribution in [0.15, 0.2) is 24.3 Å². The topological polar surface area (TPSA) is 98.3 Å².